The van der Waals surface area contributed by atoms with E-state index >= 15 is 0 Å². The monoisotopic (exact) mass is 488 g/mol. The van der Waals surface area contributed by atoms with Gasteiger partial charge in [0.1, 0.15) is 15.9 Å². The van der Waals surface area contributed by atoms with Crippen molar-refractivity contribution >= 4 is 21.0 Å². The second-order valence-electron chi connectivity index (χ2n) is 6.81. The largest absolute Gasteiger partial charge is 0.744 e. The molecule has 0 saturated heterocycles. The SMILES string of the molecule is Cc1c(F)c(F)cc(S(=O)(=O)[O-])c1F.c1ccc([S+](c2ccccc2)c2ccccc2)cc1. The highest BCUT2D eigenvalue weighted by Gasteiger charge is 2.27. The van der Waals surface area contributed by atoms with Crippen molar-refractivity contribution in [1.29, 1.82) is 0 Å². The van der Waals surface area contributed by atoms with Crippen molar-refractivity contribution in [3.05, 3.63) is 120 Å². The lowest BCUT2D eigenvalue weighted by Crippen LogP contribution is -2.06. The lowest BCUT2D eigenvalue weighted by Gasteiger charge is -2.10. The molecule has 8 heteroatoms. The molecular weight excluding hydrogens is 469 g/mol. The van der Waals surface area contributed by atoms with Crippen molar-refractivity contribution in [2.45, 2.75) is 26.5 Å². The summed E-state index contributed by atoms with van der Waals surface area (Å²) in [5.74, 6) is -4.63. The van der Waals surface area contributed by atoms with Gasteiger partial charge in [0.25, 0.3) is 0 Å². The molecule has 0 unspecified atom stereocenters. The van der Waals surface area contributed by atoms with Gasteiger partial charge in [-0.3, -0.25) is 0 Å². The molecule has 0 aliphatic carbocycles. The Labute approximate surface area is 193 Å². The molecule has 0 aliphatic heterocycles. The van der Waals surface area contributed by atoms with Crippen LogP contribution in [0.2, 0.25) is 0 Å². The molecule has 0 amide bonds. The number of hydrogen-bond donors (Lipinski definition) is 0. The first kappa shape index (κ1) is 24.6. The Bertz CT molecular complexity index is 1220. The summed E-state index contributed by atoms with van der Waals surface area (Å²) in [5, 5.41) is 0. The second-order valence-corrected chi connectivity index (χ2v) is 10.2. The lowest BCUT2D eigenvalue weighted by atomic mass is 10.2. The Morgan fingerprint density at radius 3 is 1.36 bits per heavy atom. The Kier molecular flexibility index (Phi) is 7.97. The standard InChI is InChI=1S/C18H15S.C7H5F3O3S/c1-4-10-16(11-5-1)19(17-12-6-2-7-13-17)18-14-8-3-9-15-18;1-3-6(9)4(8)2-5(7(3)10)14(11,12)13/h1-15H;2H,1H3,(H,11,12,13)/q+1;/p-1. The van der Waals surface area contributed by atoms with Crippen LogP contribution in [0.5, 0.6) is 0 Å². The van der Waals surface area contributed by atoms with Gasteiger partial charge in [-0.15, -0.1) is 0 Å². The molecule has 0 spiro atoms. The zero-order valence-corrected chi connectivity index (χ0v) is 19.0. The van der Waals surface area contributed by atoms with Crippen LogP contribution >= 0.6 is 0 Å². The first-order chi connectivity index (χ1) is 15.7. The van der Waals surface area contributed by atoms with Gasteiger partial charge in [0.2, 0.25) is 0 Å². The van der Waals surface area contributed by atoms with E-state index in [1.54, 1.807) is 0 Å². The third kappa shape index (κ3) is 6.04. The van der Waals surface area contributed by atoms with Crippen molar-refractivity contribution in [2.24, 2.45) is 0 Å². The number of rotatable bonds is 4. The van der Waals surface area contributed by atoms with Crippen LogP contribution in [0.3, 0.4) is 0 Å². The van der Waals surface area contributed by atoms with E-state index in [2.05, 4.69) is 91.0 Å². The fourth-order valence-corrected chi connectivity index (χ4v) is 5.69. The molecular formula is C25H19F3O3S2. The van der Waals surface area contributed by atoms with E-state index in [0.29, 0.717) is 0 Å². The first-order valence-electron chi connectivity index (χ1n) is 9.69. The highest BCUT2D eigenvalue weighted by molar-refractivity contribution is 7.97. The van der Waals surface area contributed by atoms with E-state index in [1.165, 1.54) is 14.7 Å². The van der Waals surface area contributed by atoms with E-state index in [9.17, 15) is 26.1 Å². The summed E-state index contributed by atoms with van der Waals surface area (Å²) in [5.41, 5.74) is -0.834. The first-order valence-corrected chi connectivity index (χ1v) is 12.3. The van der Waals surface area contributed by atoms with E-state index < -0.39 is 38.0 Å². The average Bonchev–Trinajstić information content (AvgIpc) is 2.82. The molecule has 0 bridgehead atoms. The van der Waals surface area contributed by atoms with Crippen molar-refractivity contribution in [3.63, 3.8) is 0 Å². The van der Waals surface area contributed by atoms with Gasteiger partial charge >= 0.3 is 0 Å². The van der Waals surface area contributed by atoms with E-state index in [0.717, 1.165) is 6.92 Å². The molecule has 0 fully saturated rings. The quantitative estimate of drug-likeness (QED) is 0.198. The minimum absolute atomic E-state index is 0.0146. The predicted molar refractivity (Wildman–Crippen MR) is 121 cm³/mol. The Morgan fingerprint density at radius 2 is 1.03 bits per heavy atom. The zero-order valence-electron chi connectivity index (χ0n) is 17.4. The summed E-state index contributed by atoms with van der Waals surface area (Å²) in [6.07, 6.45) is 0. The van der Waals surface area contributed by atoms with Crippen LogP contribution in [0, 0.1) is 24.4 Å². The molecule has 3 nitrogen and oxygen atoms in total. The molecule has 0 saturated carbocycles. The molecule has 4 aromatic rings. The molecule has 4 aromatic carbocycles. The average molecular weight is 489 g/mol. The molecule has 0 atom stereocenters. The summed E-state index contributed by atoms with van der Waals surface area (Å²) in [7, 11) is -5.14. The molecule has 33 heavy (non-hydrogen) atoms. The molecule has 0 aliphatic rings. The van der Waals surface area contributed by atoms with Gasteiger partial charge in [0, 0.05) is 5.56 Å². The fourth-order valence-electron chi connectivity index (χ4n) is 2.96. The lowest BCUT2D eigenvalue weighted by molar-refractivity contribution is 0.441. The number of hydrogen-bond acceptors (Lipinski definition) is 3. The third-order valence-corrected chi connectivity index (χ3v) is 7.61. The number of halogens is 3. The van der Waals surface area contributed by atoms with Crippen LogP contribution in [0.1, 0.15) is 5.56 Å². The summed E-state index contributed by atoms with van der Waals surface area (Å²) < 4.78 is 69.4. The topological polar surface area (TPSA) is 57.2 Å². The van der Waals surface area contributed by atoms with Crippen LogP contribution < -0.4 is 0 Å². The van der Waals surface area contributed by atoms with Crippen LogP contribution in [-0.4, -0.2) is 13.0 Å². The van der Waals surface area contributed by atoms with Crippen LogP contribution in [0.4, 0.5) is 13.2 Å². The maximum absolute atomic E-state index is 13.0. The molecule has 0 aromatic heterocycles. The summed E-state index contributed by atoms with van der Waals surface area (Å²) in [4.78, 5) is 2.70. The summed E-state index contributed by atoms with van der Waals surface area (Å²) >= 11 is 0. The summed E-state index contributed by atoms with van der Waals surface area (Å²) in [6.45, 7) is 0.836. The van der Waals surface area contributed by atoms with Crippen molar-refractivity contribution in [3.8, 4) is 0 Å². The van der Waals surface area contributed by atoms with Crippen LogP contribution in [0.15, 0.2) is 117 Å². The molecule has 0 heterocycles. The maximum Gasteiger partial charge on any atom is 0.166 e. The van der Waals surface area contributed by atoms with Gasteiger partial charge in [-0.1, -0.05) is 54.6 Å². The Morgan fingerprint density at radius 1 is 0.667 bits per heavy atom. The summed E-state index contributed by atoms with van der Waals surface area (Å²) in [6, 6.07) is 32.2. The van der Waals surface area contributed by atoms with E-state index in [1.807, 2.05) is 0 Å². The van der Waals surface area contributed by atoms with Gasteiger partial charge in [-0.05, 0) is 49.4 Å². The molecule has 170 valence electrons. The van der Waals surface area contributed by atoms with Crippen molar-refractivity contribution < 1.29 is 26.1 Å². The minimum Gasteiger partial charge on any atom is -0.744 e. The van der Waals surface area contributed by atoms with Crippen LogP contribution in [0.25, 0.3) is 0 Å². The fraction of sp³-hybridized carbons (Fsp3) is 0.0400. The van der Waals surface area contributed by atoms with Gasteiger partial charge in [0.15, 0.2) is 26.3 Å². The molecule has 0 N–H and O–H groups in total. The number of benzene rings is 4. The van der Waals surface area contributed by atoms with E-state index in [4.69, 9.17) is 0 Å². The highest BCUT2D eigenvalue weighted by atomic mass is 32.2. The normalized spacial score (nSPS) is 11.1. The minimum atomic E-state index is -5.13. The third-order valence-electron chi connectivity index (χ3n) is 4.55. The van der Waals surface area contributed by atoms with Gasteiger partial charge in [-0.2, -0.15) is 0 Å². The predicted octanol–water partition coefficient (Wildman–Crippen LogP) is 6.10. The second kappa shape index (κ2) is 10.7. The smallest absolute Gasteiger partial charge is 0.166 e. The molecule has 0 radical (unpaired) electrons. The Balaban J connectivity index is 0.000000196. The zero-order chi connectivity index (χ0) is 24.0. The van der Waals surface area contributed by atoms with Crippen molar-refractivity contribution in [1.82, 2.24) is 0 Å². The van der Waals surface area contributed by atoms with Crippen LogP contribution in [-0.2, 0) is 21.0 Å². The van der Waals surface area contributed by atoms with E-state index in [-0.39, 0.29) is 17.0 Å². The van der Waals surface area contributed by atoms with Crippen molar-refractivity contribution in [2.75, 3.05) is 0 Å². The van der Waals surface area contributed by atoms with Gasteiger partial charge in [0.05, 0.1) is 15.8 Å². The van der Waals surface area contributed by atoms with Gasteiger partial charge in [-0.25, -0.2) is 21.6 Å². The molecule has 4 rings (SSSR count). The van der Waals surface area contributed by atoms with Gasteiger partial charge < -0.3 is 4.55 Å². The Hall–Kier alpha value is -3.07. The maximum atomic E-state index is 13.0. The highest BCUT2D eigenvalue weighted by Crippen LogP contribution is 2.30.